The molecule has 0 saturated heterocycles. The molecular weight excluding hydrogens is 478 g/mol. The van der Waals surface area contributed by atoms with Gasteiger partial charge in [-0.15, -0.1) is 0 Å². The normalized spacial score (nSPS) is 11.2. The Morgan fingerprint density at radius 3 is 1.86 bits per heavy atom. The van der Waals surface area contributed by atoms with E-state index in [1.54, 1.807) is 43.5 Å². The topological polar surface area (TPSA) is 109 Å². The van der Waals surface area contributed by atoms with Crippen LogP contribution in [-0.4, -0.2) is 38.0 Å². The number of methoxy groups -OCH3 is 1. The maximum Gasteiger partial charge on any atom is 0.408 e. The molecule has 0 heterocycles. The lowest BCUT2D eigenvalue weighted by Crippen LogP contribution is -2.43. The fourth-order valence-corrected chi connectivity index (χ4v) is 3.14. The minimum atomic E-state index is -1.30. The van der Waals surface area contributed by atoms with Crippen LogP contribution < -0.4 is 10.1 Å². The smallest absolute Gasteiger partial charge is 0.408 e. The van der Waals surface area contributed by atoms with Crippen LogP contribution in [0.1, 0.15) is 23.1 Å². The third-order valence-electron chi connectivity index (χ3n) is 5.12. The lowest BCUT2D eigenvalue weighted by atomic mass is 10.2. The second kappa shape index (κ2) is 14.9. The van der Waals surface area contributed by atoms with Gasteiger partial charge in [-0.2, -0.15) is 0 Å². The minimum Gasteiger partial charge on any atom is -0.497 e. The summed E-state index contributed by atoms with van der Waals surface area (Å²) in [5.74, 6) is -0.827. The van der Waals surface area contributed by atoms with E-state index in [-0.39, 0.29) is 26.6 Å². The Hall–Kier alpha value is -4.37. The van der Waals surface area contributed by atoms with Crippen molar-refractivity contribution >= 4 is 18.0 Å². The van der Waals surface area contributed by atoms with Gasteiger partial charge >= 0.3 is 18.0 Å². The van der Waals surface area contributed by atoms with E-state index in [0.29, 0.717) is 0 Å². The zero-order valence-electron chi connectivity index (χ0n) is 20.5. The van der Waals surface area contributed by atoms with E-state index in [1.807, 2.05) is 48.5 Å². The number of nitrogens with one attached hydrogen (secondary N) is 1. The highest BCUT2D eigenvalue weighted by atomic mass is 16.7. The molecule has 0 fully saturated rings. The van der Waals surface area contributed by atoms with E-state index in [4.69, 9.17) is 23.7 Å². The average Bonchev–Trinajstić information content (AvgIpc) is 2.94. The first kappa shape index (κ1) is 27.2. The molecule has 0 aliphatic rings. The molecule has 0 aliphatic heterocycles. The molecule has 3 aromatic carbocycles. The SMILES string of the molecule is COc1ccc(COCOC(=O)C[C@H](NC(=O)OCc2ccccc2)C(=O)OCc2ccccc2)cc1. The minimum absolute atomic E-state index is 0.00209. The van der Waals surface area contributed by atoms with Crippen molar-refractivity contribution in [1.29, 1.82) is 0 Å². The number of amides is 1. The molecule has 0 spiro atoms. The first-order valence-corrected chi connectivity index (χ1v) is 11.6. The van der Waals surface area contributed by atoms with Crippen molar-refractivity contribution in [2.75, 3.05) is 13.9 Å². The van der Waals surface area contributed by atoms with Gasteiger partial charge in [-0.25, -0.2) is 9.59 Å². The van der Waals surface area contributed by atoms with Gasteiger partial charge in [0.05, 0.1) is 20.1 Å². The summed E-state index contributed by atoms with van der Waals surface area (Å²) in [4.78, 5) is 37.4. The van der Waals surface area contributed by atoms with E-state index in [1.165, 1.54) is 0 Å². The number of ether oxygens (including phenoxy) is 5. The van der Waals surface area contributed by atoms with Crippen LogP contribution in [-0.2, 0) is 48.4 Å². The van der Waals surface area contributed by atoms with Gasteiger partial charge in [0.15, 0.2) is 6.79 Å². The molecule has 0 aromatic heterocycles. The summed E-state index contributed by atoms with van der Waals surface area (Å²) in [7, 11) is 1.58. The summed E-state index contributed by atoms with van der Waals surface area (Å²) < 4.78 is 26.0. The third-order valence-corrected chi connectivity index (χ3v) is 5.12. The van der Waals surface area contributed by atoms with Crippen molar-refractivity contribution in [3.05, 3.63) is 102 Å². The lowest BCUT2D eigenvalue weighted by Gasteiger charge is -2.17. The first-order valence-electron chi connectivity index (χ1n) is 11.6. The van der Waals surface area contributed by atoms with Crippen molar-refractivity contribution in [2.24, 2.45) is 0 Å². The Kier molecular flexibility index (Phi) is 11.0. The van der Waals surface area contributed by atoms with Gasteiger partial charge in [0.2, 0.25) is 0 Å². The molecule has 194 valence electrons. The predicted molar refractivity (Wildman–Crippen MR) is 133 cm³/mol. The number of benzene rings is 3. The number of hydrogen-bond acceptors (Lipinski definition) is 8. The van der Waals surface area contributed by atoms with Gasteiger partial charge in [-0.3, -0.25) is 4.79 Å². The monoisotopic (exact) mass is 507 g/mol. The number of carbonyl (C=O) groups excluding carboxylic acids is 3. The van der Waals surface area contributed by atoms with Gasteiger partial charge in [-0.1, -0.05) is 72.8 Å². The Balaban J connectivity index is 1.49. The van der Waals surface area contributed by atoms with E-state index in [2.05, 4.69) is 5.32 Å². The largest absolute Gasteiger partial charge is 0.497 e. The maximum atomic E-state index is 12.7. The van der Waals surface area contributed by atoms with Crippen LogP contribution in [0.15, 0.2) is 84.9 Å². The second-order valence-electron chi connectivity index (χ2n) is 7.89. The number of alkyl carbamates (subject to hydrolysis) is 1. The Labute approximate surface area is 215 Å². The van der Waals surface area contributed by atoms with E-state index in [9.17, 15) is 14.4 Å². The van der Waals surface area contributed by atoms with Crippen molar-refractivity contribution in [3.8, 4) is 5.75 Å². The molecule has 9 nitrogen and oxygen atoms in total. The highest BCUT2D eigenvalue weighted by Crippen LogP contribution is 2.12. The van der Waals surface area contributed by atoms with Crippen LogP contribution in [0.25, 0.3) is 0 Å². The number of carbonyl (C=O) groups is 3. The van der Waals surface area contributed by atoms with Crippen LogP contribution in [0, 0.1) is 0 Å². The van der Waals surface area contributed by atoms with Crippen molar-refractivity contribution in [3.63, 3.8) is 0 Å². The predicted octanol–water partition coefficient (Wildman–Crippen LogP) is 4.14. The summed E-state index contributed by atoms with van der Waals surface area (Å²) in [6.07, 6.45) is -1.32. The van der Waals surface area contributed by atoms with Crippen molar-refractivity contribution < 1.29 is 38.1 Å². The maximum absolute atomic E-state index is 12.7. The fraction of sp³-hybridized carbons (Fsp3) is 0.250. The molecule has 37 heavy (non-hydrogen) atoms. The van der Waals surface area contributed by atoms with E-state index in [0.717, 1.165) is 22.4 Å². The molecule has 1 atom stereocenters. The molecule has 0 aliphatic carbocycles. The highest BCUT2D eigenvalue weighted by molar-refractivity contribution is 5.86. The zero-order chi connectivity index (χ0) is 26.3. The van der Waals surface area contributed by atoms with Crippen molar-refractivity contribution in [1.82, 2.24) is 5.32 Å². The molecule has 1 N–H and O–H groups in total. The van der Waals surface area contributed by atoms with Gasteiger partial charge in [-0.05, 0) is 28.8 Å². The van der Waals surface area contributed by atoms with Gasteiger partial charge in [0, 0.05) is 0 Å². The molecule has 3 rings (SSSR count). The summed E-state index contributed by atoms with van der Waals surface area (Å²) in [6, 6.07) is 24.0. The Morgan fingerprint density at radius 1 is 0.703 bits per heavy atom. The summed E-state index contributed by atoms with van der Waals surface area (Å²) in [5.41, 5.74) is 2.40. The number of hydrogen-bond donors (Lipinski definition) is 1. The lowest BCUT2D eigenvalue weighted by molar-refractivity contribution is -0.161. The van der Waals surface area contributed by atoms with Crippen molar-refractivity contribution in [2.45, 2.75) is 32.3 Å². The van der Waals surface area contributed by atoms with Crippen LogP contribution in [0.5, 0.6) is 5.75 Å². The van der Waals surface area contributed by atoms with Gasteiger partial charge < -0.3 is 29.0 Å². The van der Waals surface area contributed by atoms with Crippen LogP contribution in [0.4, 0.5) is 4.79 Å². The second-order valence-corrected chi connectivity index (χ2v) is 7.89. The van der Waals surface area contributed by atoms with Gasteiger partial charge in [0.1, 0.15) is 25.0 Å². The Morgan fingerprint density at radius 2 is 1.27 bits per heavy atom. The zero-order valence-corrected chi connectivity index (χ0v) is 20.5. The highest BCUT2D eigenvalue weighted by Gasteiger charge is 2.27. The molecule has 1 amide bonds. The molecule has 0 saturated carbocycles. The molecule has 0 radical (unpaired) electrons. The summed E-state index contributed by atoms with van der Waals surface area (Å²) in [6.45, 7) is -0.127. The first-order chi connectivity index (χ1) is 18.0. The number of esters is 2. The summed E-state index contributed by atoms with van der Waals surface area (Å²) in [5, 5.41) is 2.39. The number of rotatable bonds is 13. The van der Waals surface area contributed by atoms with Gasteiger partial charge in [0.25, 0.3) is 0 Å². The molecule has 3 aromatic rings. The molecule has 9 heteroatoms. The fourth-order valence-electron chi connectivity index (χ4n) is 3.14. The van der Waals surface area contributed by atoms with E-state index >= 15 is 0 Å². The Bertz CT molecular complexity index is 1120. The van der Waals surface area contributed by atoms with Crippen LogP contribution in [0.3, 0.4) is 0 Å². The van der Waals surface area contributed by atoms with E-state index < -0.39 is 30.5 Å². The van der Waals surface area contributed by atoms with Crippen LogP contribution >= 0.6 is 0 Å². The van der Waals surface area contributed by atoms with Crippen LogP contribution in [0.2, 0.25) is 0 Å². The quantitative estimate of drug-likeness (QED) is 0.159. The molecule has 0 unspecified atom stereocenters. The molecule has 0 bridgehead atoms. The summed E-state index contributed by atoms with van der Waals surface area (Å²) >= 11 is 0. The standard InChI is InChI=1S/C28H29NO8/c1-33-24-14-12-23(13-15-24)17-34-20-37-26(30)16-25(27(31)35-18-21-8-4-2-5-9-21)29-28(32)36-19-22-10-6-3-7-11-22/h2-15,25H,16-20H2,1H3,(H,29,32)/t25-/m0/s1. The average molecular weight is 508 g/mol. The molecular formula is C28H29NO8. The third kappa shape index (κ3) is 10.0.